The van der Waals surface area contributed by atoms with Gasteiger partial charge in [-0.25, -0.2) is 0 Å². The summed E-state index contributed by atoms with van der Waals surface area (Å²) in [5, 5.41) is 3.57. The van der Waals surface area contributed by atoms with E-state index in [0.717, 1.165) is 21.2 Å². The first-order valence-electron chi connectivity index (χ1n) is 9.03. The maximum absolute atomic E-state index is 12.5. The Kier molecular flexibility index (Phi) is 6.96. The van der Waals surface area contributed by atoms with Gasteiger partial charge in [0.25, 0.3) is 11.8 Å². The topological polar surface area (TPSA) is 49.4 Å². The van der Waals surface area contributed by atoms with Crippen LogP contribution < -0.4 is 5.32 Å². The summed E-state index contributed by atoms with van der Waals surface area (Å²) >= 11 is 7.62. The smallest absolute Gasteiger partial charge is 0.255 e. The van der Waals surface area contributed by atoms with Crippen LogP contribution in [0.3, 0.4) is 0 Å². The molecule has 0 saturated heterocycles. The standard InChI is InChI=1S/C23H21ClN2O2S/c1-26(2)23(28)18-4-3-5-20(14-18)25-22(27)17-8-6-16(7-9-17)15-29-21-12-10-19(24)11-13-21/h3-14H,15H2,1-2H3,(H,25,27). The molecule has 6 heteroatoms. The number of amides is 2. The van der Waals surface area contributed by atoms with E-state index in [0.29, 0.717) is 16.8 Å². The molecule has 0 unspecified atom stereocenters. The van der Waals surface area contributed by atoms with E-state index >= 15 is 0 Å². The lowest BCUT2D eigenvalue weighted by Gasteiger charge is -2.12. The molecule has 0 atom stereocenters. The van der Waals surface area contributed by atoms with Crippen LogP contribution >= 0.6 is 23.4 Å². The van der Waals surface area contributed by atoms with E-state index in [1.165, 1.54) is 4.90 Å². The van der Waals surface area contributed by atoms with Crippen LogP contribution in [0.15, 0.2) is 77.7 Å². The van der Waals surface area contributed by atoms with Gasteiger partial charge in [0.15, 0.2) is 0 Å². The first-order valence-corrected chi connectivity index (χ1v) is 10.4. The molecule has 4 nitrogen and oxygen atoms in total. The van der Waals surface area contributed by atoms with Crippen LogP contribution in [-0.4, -0.2) is 30.8 Å². The second-order valence-electron chi connectivity index (χ2n) is 6.67. The molecule has 0 heterocycles. The van der Waals surface area contributed by atoms with Crippen LogP contribution in [0.2, 0.25) is 5.02 Å². The van der Waals surface area contributed by atoms with Gasteiger partial charge in [-0.15, -0.1) is 11.8 Å². The first-order chi connectivity index (χ1) is 13.9. The highest BCUT2D eigenvalue weighted by molar-refractivity contribution is 7.98. The summed E-state index contributed by atoms with van der Waals surface area (Å²) < 4.78 is 0. The second-order valence-corrected chi connectivity index (χ2v) is 8.16. The van der Waals surface area contributed by atoms with Crippen LogP contribution in [-0.2, 0) is 5.75 Å². The molecule has 0 aliphatic rings. The minimum absolute atomic E-state index is 0.108. The van der Waals surface area contributed by atoms with Gasteiger partial charge in [-0.3, -0.25) is 9.59 Å². The normalized spacial score (nSPS) is 10.4. The van der Waals surface area contributed by atoms with E-state index < -0.39 is 0 Å². The summed E-state index contributed by atoms with van der Waals surface area (Å²) in [5.41, 5.74) is 2.81. The zero-order valence-corrected chi connectivity index (χ0v) is 17.8. The summed E-state index contributed by atoms with van der Waals surface area (Å²) in [6.07, 6.45) is 0. The zero-order valence-electron chi connectivity index (χ0n) is 16.2. The summed E-state index contributed by atoms with van der Waals surface area (Å²) in [4.78, 5) is 27.2. The molecule has 3 aromatic rings. The van der Waals surface area contributed by atoms with Crippen molar-refractivity contribution in [3.05, 3.63) is 94.5 Å². The third-order valence-electron chi connectivity index (χ3n) is 4.21. The molecule has 0 aromatic heterocycles. The maximum Gasteiger partial charge on any atom is 0.255 e. The molecule has 1 N–H and O–H groups in total. The largest absolute Gasteiger partial charge is 0.345 e. The number of thioether (sulfide) groups is 1. The fourth-order valence-corrected chi connectivity index (χ4v) is 3.62. The lowest BCUT2D eigenvalue weighted by Crippen LogP contribution is -2.21. The van der Waals surface area contributed by atoms with E-state index in [4.69, 9.17) is 11.6 Å². The third-order valence-corrected chi connectivity index (χ3v) is 5.54. The van der Waals surface area contributed by atoms with Gasteiger partial charge in [-0.2, -0.15) is 0 Å². The van der Waals surface area contributed by atoms with Crippen molar-refractivity contribution in [3.8, 4) is 0 Å². The highest BCUT2D eigenvalue weighted by Crippen LogP contribution is 2.24. The monoisotopic (exact) mass is 424 g/mol. The van der Waals surface area contributed by atoms with Crippen molar-refractivity contribution in [2.24, 2.45) is 0 Å². The number of rotatable bonds is 6. The van der Waals surface area contributed by atoms with Crippen molar-refractivity contribution < 1.29 is 9.59 Å². The van der Waals surface area contributed by atoms with E-state index in [1.807, 2.05) is 48.5 Å². The average molecular weight is 425 g/mol. The maximum atomic E-state index is 12.5. The summed E-state index contributed by atoms with van der Waals surface area (Å²) in [7, 11) is 3.39. The van der Waals surface area contributed by atoms with Crippen molar-refractivity contribution in [1.29, 1.82) is 0 Å². The number of halogens is 1. The fourth-order valence-electron chi connectivity index (χ4n) is 2.64. The highest BCUT2D eigenvalue weighted by atomic mass is 35.5. The van der Waals surface area contributed by atoms with Gasteiger partial charge in [-0.05, 0) is 60.2 Å². The van der Waals surface area contributed by atoms with Crippen LogP contribution in [0, 0.1) is 0 Å². The Labute approximate surface area is 179 Å². The molecule has 0 spiro atoms. The molecule has 0 radical (unpaired) electrons. The average Bonchev–Trinajstić information content (AvgIpc) is 2.73. The SMILES string of the molecule is CN(C)C(=O)c1cccc(NC(=O)c2ccc(CSc3ccc(Cl)cc3)cc2)c1. The van der Waals surface area contributed by atoms with Gasteiger partial charge < -0.3 is 10.2 Å². The van der Waals surface area contributed by atoms with Gasteiger partial charge in [-0.1, -0.05) is 29.8 Å². The summed E-state index contributed by atoms with van der Waals surface area (Å²) in [6, 6.07) is 22.2. The van der Waals surface area contributed by atoms with Gasteiger partial charge in [0, 0.05) is 46.6 Å². The van der Waals surface area contributed by atoms with Crippen molar-refractivity contribution in [2.45, 2.75) is 10.6 Å². The molecular formula is C23H21ClN2O2S. The summed E-state index contributed by atoms with van der Waals surface area (Å²) in [6.45, 7) is 0. The van der Waals surface area contributed by atoms with Gasteiger partial charge in [0.1, 0.15) is 0 Å². The predicted molar refractivity (Wildman–Crippen MR) is 120 cm³/mol. The minimum Gasteiger partial charge on any atom is -0.345 e. The van der Waals surface area contributed by atoms with E-state index in [-0.39, 0.29) is 11.8 Å². The molecule has 0 fully saturated rings. The van der Waals surface area contributed by atoms with Crippen LogP contribution in [0.5, 0.6) is 0 Å². The van der Waals surface area contributed by atoms with E-state index in [2.05, 4.69) is 5.32 Å². The number of anilines is 1. The van der Waals surface area contributed by atoms with Crippen LogP contribution in [0.1, 0.15) is 26.3 Å². The number of hydrogen-bond donors (Lipinski definition) is 1. The van der Waals surface area contributed by atoms with Gasteiger partial charge >= 0.3 is 0 Å². The van der Waals surface area contributed by atoms with E-state index in [1.54, 1.807) is 50.1 Å². The number of hydrogen-bond acceptors (Lipinski definition) is 3. The Balaban J connectivity index is 1.61. The molecule has 29 heavy (non-hydrogen) atoms. The Morgan fingerprint density at radius 2 is 1.62 bits per heavy atom. The number of benzene rings is 3. The summed E-state index contributed by atoms with van der Waals surface area (Å²) in [5.74, 6) is 0.484. The molecule has 3 rings (SSSR count). The molecule has 0 aliphatic heterocycles. The number of carbonyl (C=O) groups excluding carboxylic acids is 2. The molecule has 148 valence electrons. The number of carbonyl (C=O) groups is 2. The van der Waals surface area contributed by atoms with Gasteiger partial charge in [0.05, 0.1) is 0 Å². The Bertz CT molecular complexity index is 1000. The van der Waals surface area contributed by atoms with Crippen LogP contribution in [0.4, 0.5) is 5.69 Å². The lowest BCUT2D eigenvalue weighted by molar-refractivity contribution is 0.0827. The van der Waals surface area contributed by atoms with Gasteiger partial charge in [0.2, 0.25) is 0 Å². The molecule has 3 aromatic carbocycles. The molecule has 2 amide bonds. The van der Waals surface area contributed by atoms with Crippen LogP contribution in [0.25, 0.3) is 0 Å². The predicted octanol–water partition coefficient (Wildman–Crippen LogP) is 5.59. The van der Waals surface area contributed by atoms with Crippen molar-refractivity contribution in [3.63, 3.8) is 0 Å². The second kappa shape index (κ2) is 9.63. The molecule has 0 saturated carbocycles. The Morgan fingerprint density at radius 1 is 0.931 bits per heavy atom. The van der Waals surface area contributed by atoms with Crippen molar-refractivity contribution in [1.82, 2.24) is 4.90 Å². The zero-order chi connectivity index (χ0) is 20.8. The lowest BCUT2D eigenvalue weighted by atomic mass is 10.1. The Morgan fingerprint density at radius 3 is 2.28 bits per heavy atom. The molecule has 0 aliphatic carbocycles. The fraction of sp³-hybridized carbons (Fsp3) is 0.130. The third kappa shape index (κ3) is 5.86. The Hall–Kier alpha value is -2.76. The number of nitrogens with zero attached hydrogens (tertiary/aromatic N) is 1. The minimum atomic E-state index is -0.212. The molecule has 0 bridgehead atoms. The quantitative estimate of drug-likeness (QED) is 0.525. The highest BCUT2D eigenvalue weighted by Gasteiger charge is 2.11. The van der Waals surface area contributed by atoms with E-state index in [9.17, 15) is 9.59 Å². The van der Waals surface area contributed by atoms with Crippen molar-refractivity contribution in [2.75, 3.05) is 19.4 Å². The molecular weight excluding hydrogens is 404 g/mol. The van der Waals surface area contributed by atoms with Crippen molar-refractivity contribution >= 4 is 40.9 Å². The first kappa shape index (κ1) is 21.0. The number of nitrogens with one attached hydrogen (secondary N) is 1.